The van der Waals surface area contributed by atoms with E-state index in [1.807, 2.05) is 54.7 Å². The first-order chi connectivity index (χ1) is 10.8. The zero-order valence-corrected chi connectivity index (χ0v) is 12.4. The number of fused-ring (bicyclic) bond motifs is 1. The Balaban J connectivity index is 1.67. The number of ether oxygens (including phenoxy) is 1. The van der Waals surface area contributed by atoms with Gasteiger partial charge in [0.05, 0.1) is 7.11 Å². The Hall–Kier alpha value is -2.75. The zero-order chi connectivity index (χ0) is 15.4. The maximum Gasteiger partial charge on any atom is 0.251 e. The Bertz CT molecular complexity index is 792. The number of para-hydroxylation sites is 1. The molecule has 4 nitrogen and oxygen atoms in total. The van der Waals surface area contributed by atoms with E-state index in [1.54, 1.807) is 7.11 Å². The second-order valence-electron chi connectivity index (χ2n) is 5.06. The summed E-state index contributed by atoms with van der Waals surface area (Å²) >= 11 is 0. The van der Waals surface area contributed by atoms with Crippen molar-refractivity contribution in [3.63, 3.8) is 0 Å². The van der Waals surface area contributed by atoms with Gasteiger partial charge in [0.15, 0.2) is 0 Å². The quantitative estimate of drug-likeness (QED) is 0.759. The molecule has 0 radical (unpaired) electrons. The standard InChI is InChI=1S/C18H18N2O2/c1-22-17-8-3-2-5-13(17)9-11-20-18(21)15-6-4-7-16-14(15)10-12-19-16/h2-8,10,12,19H,9,11H2,1H3,(H,20,21). The van der Waals surface area contributed by atoms with Gasteiger partial charge >= 0.3 is 0 Å². The number of benzene rings is 2. The number of carbonyl (C=O) groups excluding carboxylic acids is 1. The fourth-order valence-electron chi connectivity index (χ4n) is 2.60. The van der Waals surface area contributed by atoms with E-state index >= 15 is 0 Å². The predicted octanol–water partition coefficient (Wildman–Crippen LogP) is 3.15. The summed E-state index contributed by atoms with van der Waals surface area (Å²) < 4.78 is 5.32. The second kappa shape index (κ2) is 6.35. The highest BCUT2D eigenvalue weighted by Crippen LogP contribution is 2.18. The minimum atomic E-state index is -0.0555. The smallest absolute Gasteiger partial charge is 0.251 e. The SMILES string of the molecule is COc1ccccc1CCNC(=O)c1cccc2[nH]ccc12. The predicted molar refractivity (Wildman–Crippen MR) is 87.3 cm³/mol. The minimum absolute atomic E-state index is 0.0555. The van der Waals surface area contributed by atoms with Crippen molar-refractivity contribution >= 4 is 16.8 Å². The third-order valence-corrected chi connectivity index (χ3v) is 3.71. The molecule has 0 aliphatic carbocycles. The molecule has 0 spiro atoms. The van der Waals surface area contributed by atoms with Gasteiger partial charge < -0.3 is 15.0 Å². The van der Waals surface area contributed by atoms with Gasteiger partial charge in [-0.2, -0.15) is 0 Å². The molecule has 2 aromatic carbocycles. The lowest BCUT2D eigenvalue weighted by molar-refractivity contribution is 0.0955. The first-order valence-electron chi connectivity index (χ1n) is 7.26. The van der Waals surface area contributed by atoms with E-state index in [-0.39, 0.29) is 5.91 Å². The van der Waals surface area contributed by atoms with Crippen molar-refractivity contribution in [2.45, 2.75) is 6.42 Å². The van der Waals surface area contributed by atoms with E-state index in [9.17, 15) is 4.79 Å². The van der Waals surface area contributed by atoms with E-state index in [4.69, 9.17) is 4.74 Å². The van der Waals surface area contributed by atoms with Gasteiger partial charge in [0.2, 0.25) is 0 Å². The monoisotopic (exact) mass is 294 g/mol. The van der Waals surface area contributed by atoms with Crippen molar-refractivity contribution in [3.05, 3.63) is 65.9 Å². The van der Waals surface area contributed by atoms with Crippen molar-refractivity contribution in [3.8, 4) is 5.75 Å². The van der Waals surface area contributed by atoms with Crippen LogP contribution in [-0.4, -0.2) is 24.5 Å². The van der Waals surface area contributed by atoms with Gasteiger partial charge in [-0.1, -0.05) is 24.3 Å². The zero-order valence-electron chi connectivity index (χ0n) is 12.4. The fourth-order valence-corrected chi connectivity index (χ4v) is 2.60. The molecule has 22 heavy (non-hydrogen) atoms. The lowest BCUT2D eigenvalue weighted by atomic mass is 10.1. The number of aromatic nitrogens is 1. The number of methoxy groups -OCH3 is 1. The Morgan fingerprint density at radius 2 is 2.00 bits per heavy atom. The van der Waals surface area contributed by atoms with Gasteiger partial charge in [-0.15, -0.1) is 0 Å². The largest absolute Gasteiger partial charge is 0.496 e. The Morgan fingerprint density at radius 3 is 2.86 bits per heavy atom. The molecule has 0 aliphatic rings. The molecule has 2 N–H and O–H groups in total. The lowest BCUT2D eigenvalue weighted by Crippen LogP contribution is -2.25. The van der Waals surface area contributed by atoms with Crippen LogP contribution in [-0.2, 0) is 6.42 Å². The highest BCUT2D eigenvalue weighted by molar-refractivity contribution is 6.06. The summed E-state index contributed by atoms with van der Waals surface area (Å²) in [5.41, 5.74) is 2.75. The highest BCUT2D eigenvalue weighted by Gasteiger charge is 2.10. The van der Waals surface area contributed by atoms with Gasteiger partial charge in [0, 0.05) is 29.2 Å². The third-order valence-electron chi connectivity index (χ3n) is 3.71. The van der Waals surface area contributed by atoms with Crippen LogP contribution >= 0.6 is 0 Å². The van der Waals surface area contributed by atoms with Gasteiger partial charge in [-0.3, -0.25) is 4.79 Å². The molecule has 0 saturated carbocycles. The summed E-state index contributed by atoms with van der Waals surface area (Å²) in [7, 11) is 1.66. The van der Waals surface area contributed by atoms with E-state index < -0.39 is 0 Å². The summed E-state index contributed by atoms with van der Waals surface area (Å²) in [6.07, 6.45) is 2.58. The number of H-pyrrole nitrogens is 1. The molecule has 0 saturated heterocycles. The molecule has 0 unspecified atom stereocenters. The molecule has 0 fully saturated rings. The van der Waals surface area contributed by atoms with E-state index in [0.717, 1.165) is 28.6 Å². The summed E-state index contributed by atoms with van der Waals surface area (Å²) in [6, 6.07) is 15.5. The summed E-state index contributed by atoms with van der Waals surface area (Å²) in [5.74, 6) is 0.796. The molecule has 0 aliphatic heterocycles. The molecular formula is C18H18N2O2. The molecule has 112 valence electrons. The molecule has 1 heterocycles. The van der Waals surface area contributed by atoms with Crippen molar-refractivity contribution < 1.29 is 9.53 Å². The average molecular weight is 294 g/mol. The lowest BCUT2D eigenvalue weighted by Gasteiger charge is -2.09. The minimum Gasteiger partial charge on any atom is -0.496 e. The maximum absolute atomic E-state index is 12.3. The molecule has 4 heteroatoms. The van der Waals surface area contributed by atoms with Crippen molar-refractivity contribution in [2.75, 3.05) is 13.7 Å². The van der Waals surface area contributed by atoms with Crippen molar-refractivity contribution in [2.24, 2.45) is 0 Å². The topological polar surface area (TPSA) is 54.1 Å². The second-order valence-corrected chi connectivity index (χ2v) is 5.06. The van der Waals surface area contributed by atoms with Crippen LogP contribution in [0.3, 0.4) is 0 Å². The van der Waals surface area contributed by atoms with Crippen molar-refractivity contribution in [1.82, 2.24) is 10.3 Å². The maximum atomic E-state index is 12.3. The molecule has 0 atom stereocenters. The van der Waals surface area contributed by atoms with Crippen LogP contribution in [0.2, 0.25) is 0 Å². The van der Waals surface area contributed by atoms with Crippen LogP contribution in [0.4, 0.5) is 0 Å². The van der Waals surface area contributed by atoms with Gasteiger partial charge in [0.25, 0.3) is 5.91 Å². The van der Waals surface area contributed by atoms with Crippen LogP contribution in [0.5, 0.6) is 5.75 Å². The average Bonchev–Trinajstić information content (AvgIpc) is 3.03. The molecule has 1 amide bonds. The molecule has 0 bridgehead atoms. The first kappa shape index (κ1) is 14.2. The number of carbonyl (C=O) groups is 1. The van der Waals surface area contributed by atoms with Crippen LogP contribution in [0.1, 0.15) is 15.9 Å². The Labute approximate surface area is 129 Å². The van der Waals surface area contributed by atoms with Gasteiger partial charge in [0.1, 0.15) is 5.75 Å². The number of aromatic amines is 1. The molecule has 1 aromatic heterocycles. The van der Waals surface area contributed by atoms with Crippen LogP contribution in [0, 0.1) is 0 Å². The normalized spacial score (nSPS) is 10.6. The van der Waals surface area contributed by atoms with Gasteiger partial charge in [-0.05, 0) is 36.2 Å². The number of hydrogen-bond donors (Lipinski definition) is 2. The van der Waals surface area contributed by atoms with Crippen LogP contribution < -0.4 is 10.1 Å². The summed E-state index contributed by atoms with van der Waals surface area (Å²) in [6.45, 7) is 0.569. The number of amides is 1. The number of hydrogen-bond acceptors (Lipinski definition) is 2. The fraction of sp³-hybridized carbons (Fsp3) is 0.167. The number of nitrogens with one attached hydrogen (secondary N) is 2. The molecule has 3 aromatic rings. The highest BCUT2D eigenvalue weighted by atomic mass is 16.5. The van der Waals surface area contributed by atoms with E-state index in [2.05, 4.69) is 10.3 Å². The van der Waals surface area contributed by atoms with Gasteiger partial charge in [-0.25, -0.2) is 0 Å². The van der Waals surface area contributed by atoms with E-state index in [0.29, 0.717) is 12.1 Å². The number of rotatable bonds is 5. The molecule has 3 rings (SSSR count). The van der Waals surface area contributed by atoms with Crippen LogP contribution in [0.25, 0.3) is 10.9 Å². The van der Waals surface area contributed by atoms with Crippen LogP contribution in [0.15, 0.2) is 54.7 Å². The Morgan fingerprint density at radius 1 is 1.14 bits per heavy atom. The summed E-state index contributed by atoms with van der Waals surface area (Å²) in [5, 5.41) is 3.91. The summed E-state index contributed by atoms with van der Waals surface area (Å²) in [4.78, 5) is 15.5. The van der Waals surface area contributed by atoms with Crippen molar-refractivity contribution in [1.29, 1.82) is 0 Å². The Kier molecular flexibility index (Phi) is 4.10. The first-order valence-corrected chi connectivity index (χ1v) is 7.26. The van der Waals surface area contributed by atoms with E-state index in [1.165, 1.54) is 0 Å². The molecular weight excluding hydrogens is 276 g/mol. The third kappa shape index (κ3) is 2.81.